The van der Waals surface area contributed by atoms with Crippen LogP contribution in [0.3, 0.4) is 0 Å². The van der Waals surface area contributed by atoms with Gasteiger partial charge in [-0.1, -0.05) is 27.5 Å². The molecular weight excluding hydrogens is 300 g/mol. The van der Waals surface area contributed by atoms with Crippen molar-refractivity contribution in [2.24, 2.45) is 0 Å². The molecular formula is C10H8BrClS2. The Hall–Kier alpha value is 0.300. The van der Waals surface area contributed by atoms with E-state index >= 15 is 0 Å². The molecule has 0 unspecified atom stereocenters. The first-order valence-electron chi connectivity index (χ1n) is 4.06. The van der Waals surface area contributed by atoms with Gasteiger partial charge >= 0.3 is 0 Å². The quantitative estimate of drug-likeness (QED) is 0.545. The number of benzene rings is 1. The molecule has 74 valence electrons. The molecule has 2 aromatic rings. The number of rotatable bonds is 2. The van der Waals surface area contributed by atoms with E-state index in [4.69, 9.17) is 11.6 Å². The standard InChI is InChI=1S/C10H8BrClS2/c1-13-8-2-6(4-11)3-9-10(8)7(12)5-14-9/h2-3,5H,4H2,1H3. The van der Waals surface area contributed by atoms with E-state index < -0.39 is 0 Å². The maximum absolute atomic E-state index is 6.14. The van der Waals surface area contributed by atoms with Crippen LogP contribution in [0.2, 0.25) is 5.02 Å². The van der Waals surface area contributed by atoms with Crippen LogP contribution in [0.1, 0.15) is 5.56 Å². The average Bonchev–Trinajstić information content (AvgIpc) is 2.59. The summed E-state index contributed by atoms with van der Waals surface area (Å²) in [6.07, 6.45) is 2.08. The van der Waals surface area contributed by atoms with E-state index in [1.165, 1.54) is 20.5 Å². The smallest absolute Gasteiger partial charge is 0.0602 e. The molecule has 1 aromatic carbocycles. The van der Waals surface area contributed by atoms with Gasteiger partial charge in [-0.2, -0.15) is 0 Å². The van der Waals surface area contributed by atoms with Crippen LogP contribution in [0.15, 0.2) is 22.4 Å². The molecule has 0 atom stereocenters. The fraction of sp³-hybridized carbons (Fsp3) is 0.200. The Morgan fingerprint density at radius 1 is 1.50 bits per heavy atom. The number of halogens is 2. The van der Waals surface area contributed by atoms with Gasteiger partial charge in [-0.05, 0) is 24.0 Å². The third-order valence-corrected chi connectivity index (χ3v) is 4.79. The highest BCUT2D eigenvalue weighted by atomic mass is 79.9. The van der Waals surface area contributed by atoms with Crippen molar-refractivity contribution in [3.8, 4) is 0 Å². The summed E-state index contributed by atoms with van der Waals surface area (Å²) in [4.78, 5) is 1.27. The second-order valence-electron chi connectivity index (χ2n) is 2.89. The lowest BCUT2D eigenvalue weighted by Gasteiger charge is -2.03. The zero-order valence-electron chi connectivity index (χ0n) is 7.51. The Balaban J connectivity index is 2.76. The largest absolute Gasteiger partial charge is 0.142 e. The van der Waals surface area contributed by atoms with Crippen molar-refractivity contribution >= 4 is 60.7 Å². The number of fused-ring (bicyclic) bond motifs is 1. The molecule has 0 saturated carbocycles. The van der Waals surface area contributed by atoms with Crippen LogP contribution in [-0.2, 0) is 5.33 Å². The molecule has 1 aromatic heterocycles. The van der Waals surface area contributed by atoms with Gasteiger partial charge < -0.3 is 0 Å². The summed E-state index contributed by atoms with van der Waals surface area (Å²) in [7, 11) is 0. The SMILES string of the molecule is CSc1cc(CBr)cc2scc(Cl)c12. The third kappa shape index (κ3) is 1.83. The second kappa shape index (κ2) is 4.44. The van der Waals surface area contributed by atoms with Crippen molar-refractivity contribution in [1.29, 1.82) is 0 Å². The van der Waals surface area contributed by atoms with Crippen LogP contribution in [0.25, 0.3) is 10.1 Å². The first-order chi connectivity index (χ1) is 6.76. The van der Waals surface area contributed by atoms with E-state index in [-0.39, 0.29) is 0 Å². The van der Waals surface area contributed by atoms with Crippen molar-refractivity contribution in [3.63, 3.8) is 0 Å². The molecule has 0 bridgehead atoms. The Morgan fingerprint density at radius 2 is 2.29 bits per heavy atom. The molecule has 0 amide bonds. The second-order valence-corrected chi connectivity index (χ2v) is 5.62. The minimum absolute atomic E-state index is 0.871. The summed E-state index contributed by atoms with van der Waals surface area (Å²) in [5.74, 6) is 0. The van der Waals surface area contributed by atoms with E-state index in [0.29, 0.717) is 0 Å². The predicted molar refractivity (Wildman–Crippen MR) is 71.2 cm³/mol. The van der Waals surface area contributed by atoms with Gasteiger partial charge in [0, 0.05) is 25.7 Å². The van der Waals surface area contributed by atoms with Gasteiger partial charge in [0.15, 0.2) is 0 Å². The summed E-state index contributed by atoms with van der Waals surface area (Å²) in [6, 6.07) is 4.39. The van der Waals surface area contributed by atoms with Crippen molar-refractivity contribution in [2.45, 2.75) is 10.2 Å². The lowest BCUT2D eigenvalue weighted by atomic mass is 10.2. The van der Waals surface area contributed by atoms with Gasteiger partial charge in [0.25, 0.3) is 0 Å². The fourth-order valence-electron chi connectivity index (χ4n) is 1.38. The highest BCUT2D eigenvalue weighted by Gasteiger charge is 2.08. The van der Waals surface area contributed by atoms with Crippen molar-refractivity contribution in [2.75, 3.05) is 6.26 Å². The van der Waals surface area contributed by atoms with Gasteiger partial charge in [-0.25, -0.2) is 0 Å². The normalized spacial score (nSPS) is 11.1. The van der Waals surface area contributed by atoms with Crippen molar-refractivity contribution in [3.05, 3.63) is 28.1 Å². The molecule has 0 aliphatic carbocycles. The summed E-state index contributed by atoms with van der Waals surface area (Å²) < 4.78 is 1.27. The molecule has 0 saturated heterocycles. The van der Waals surface area contributed by atoms with Crippen LogP contribution in [-0.4, -0.2) is 6.26 Å². The van der Waals surface area contributed by atoms with E-state index in [0.717, 1.165) is 10.4 Å². The Labute approximate surface area is 105 Å². The van der Waals surface area contributed by atoms with E-state index in [9.17, 15) is 0 Å². The van der Waals surface area contributed by atoms with Crippen LogP contribution >= 0.6 is 50.6 Å². The Morgan fingerprint density at radius 3 is 2.93 bits per heavy atom. The predicted octanol–water partition coefficient (Wildman–Crippen LogP) is 5.17. The number of hydrogen-bond donors (Lipinski definition) is 0. The molecule has 1 heterocycles. The maximum atomic E-state index is 6.14. The molecule has 0 aliphatic heterocycles. The highest BCUT2D eigenvalue weighted by molar-refractivity contribution is 9.08. The van der Waals surface area contributed by atoms with Crippen LogP contribution in [0, 0.1) is 0 Å². The molecule has 0 N–H and O–H groups in total. The summed E-state index contributed by atoms with van der Waals surface area (Å²) >= 11 is 13.1. The van der Waals surface area contributed by atoms with E-state index in [2.05, 4.69) is 34.3 Å². The topological polar surface area (TPSA) is 0 Å². The molecule has 0 nitrogen and oxygen atoms in total. The maximum Gasteiger partial charge on any atom is 0.0602 e. The van der Waals surface area contributed by atoms with Gasteiger partial charge in [-0.15, -0.1) is 23.1 Å². The van der Waals surface area contributed by atoms with Gasteiger partial charge in [0.1, 0.15) is 0 Å². The minimum Gasteiger partial charge on any atom is -0.142 e. The molecule has 2 rings (SSSR count). The monoisotopic (exact) mass is 306 g/mol. The average molecular weight is 308 g/mol. The number of alkyl halides is 1. The van der Waals surface area contributed by atoms with E-state index in [1.54, 1.807) is 23.1 Å². The van der Waals surface area contributed by atoms with Crippen molar-refractivity contribution in [1.82, 2.24) is 0 Å². The molecule has 0 radical (unpaired) electrons. The molecule has 4 heteroatoms. The van der Waals surface area contributed by atoms with Gasteiger partial charge in [0.2, 0.25) is 0 Å². The molecule has 0 spiro atoms. The van der Waals surface area contributed by atoms with Crippen molar-refractivity contribution < 1.29 is 0 Å². The summed E-state index contributed by atoms with van der Waals surface area (Å²) in [6.45, 7) is 0. The first kappa shape index (κ1) is 10.8. The fourth-order valence-corrected chi connectivity index (χ4v) is 3.82. The third-order valence-electron chi connectivity index (χ3n) is 2.03. The Kier molecular flexibility index (Phi) is 3.42. The minimum atomic E-state index is 0.871. The lowest BCUT2D eigenvalue weighted by Crippen LogP contribution is -1.79. The van der Waals surface area contributed by atoms with Gasteiger partial charge in [0.05, 0.1) is 5.02 Å². The summed E-state index contributed by atoms with van der Waals surface area (Å²) in [5, 5.41) is 4.97. The number of thioether (sulfide) groups is 1. The molecule has 0 aliphatic rings. The van der Waals surface area contributed by atoms with Crippen LogP contribution in [0.5, 0.6) is 0 Å². The number of thiophene rings is 1. The van der Waals surface area contributed by atoms with Gasteiger partial charge in [-0.3, -0.25) is 0 Å². The lowest BCUT2D eigenvalue weighted by molar-refractivity contribution is 1.40. The van der Waals surface area contributed by atoms with Crippen LogP contribution < -0.4 is 0 Å². The summed E-state index contributed by atoms with van der Waals surface area (Å²) in [5.41, 5.74) is 1.31. The van der Waals surface area contributed by atoms with E-state index in [1.807, 2.05) is 5.38 Å². The number of hydrogen-bond acceptors (Lipinski definition) is 2. The Bertz CT molecular complexity index is 464. The first-order valence-corrected chi connectivity index (χ1v) is 7.66. The zero-order chi connectivity index (χ0) is 10.1. The molecule has 0 fully saturated rings. The molecule has 14 heavy (non-hydrogen) atoms. The highest BCUT2D eigenvalue weighted by Crippen LogP contribution is 2.37. The van der Waals surface area contributed by atoms with Crippen LogP contribution in [0.4, 0.5) is 0 Å². The zero-order valence-corrected chi connectivity index (χ0v) is 11.5.